The van der Waals surface area contributed by atoms with Gasteiger partial charge in [-0.25, -0.2) is 9.97 Å². The molecule has 1 N–H and O–H groups in total. The highest BCUT2D eigenvalue weighted by Gasteiger charge is 2.34. The molecule has 5 aromatic rings. The number of fused-ring (bicyclic) bond motifs is 1. The number of nitrogens with one attached hydrogen (secondary N) is 1. The van der Waals surface area contributed by atoms with E-state index < -0.39 is 17.6 Å². The molecule has 0 atom stereocenters. The van der Waals surface area contributed by atoms with Crippen molar-refractivity contribution in [3.8, 4) is 23.0 Å². The molecule has 2 aromatic heterocycles. The molecule has 1 aliphatic heterocycles. The number of aromatic nitrogens is 4. The molecule has 238 valence electrons. The van der Waals surface area contributed by atoms with Crippen molar-refractivity contribution >= 4 is 34.4 Å². The summed E-state index contributed by atoms with van der Waals surface area (Å²) in [6.07, 6.45) is -2.98. The van der Waals surface area contributed by atoms with Gasteiger partial charge in [0.25, 0.3) is 11.8 Å². The van der Waals surface area contributed by atoms with Gasteiger partial charge in [0, 0.05) is 61.6 Å². The highest BCUT2D eigenvalue weighted by molar-refractivity contribution is 6.30. The number of benzene rings is 3. The van der Waals surface area contributed by atoms with Crippen molar-refractivity contribution in [1.82, 2.24) is 29.3 Å². The molecule has 1 amide bonds. The van der Waals surface area contributed by atoms with E-state index in [1.165, 1.54) is 18.2 Å². The number of alkyl halides is 3. The summed E-state index contributed by atoms with van der Waals surface area (Å²) in [4.78, 5) is 31.2. The summed E-state index contributed by atoms with van der Waals surface area (Å²) in [6.45, 7) is 4.89. The van der Waals surface area contributed by atoms with E-state index in [0.717, 1.165) is 19.2 Å². The number of ether oxygens (including phenoxy) is 1. The lowest BCUT2D eigenvalue weighted by Gasteiger charge is -2.33. The molecule has 0 saturated carbocycles. The van der Waals surface area contributed by atoms with Crippen LogP contribution in [0, 0.1) is 6.92 Å². The summed E-state index contributed by atoms with van der Waals surface area (Å²) < 4.78 is 50.2. The van der Waals surface area contributed by atoms with E-state index in [4.69, 9.17) is 16.3 Å². The molecule has 0 unspecified atom stereocenters. The zero-order valence-electron chi connectivity index (χ0n) is 25.4. The Balaban J connectivity index is 1.25. The molecule has 0 aliphatic carbocycles. The lowest BCUT2D eigenvalue weighted by molar-refractivity contribution is -0.138. The number of aryl methyl sites for hydroxylation is 2. The summed E-state index contributed by atoms with van der Waals surface area (Å²) in [6, 6.07) is 15.9. The third-order valence-corrected chi connectivity index (χ3v) is 8.21. The lowest BCUT2D eigenvalue weighted by atomic mass is 10.0. The highest BCUT2D eigenvalue weighted by Crippen LogP contribution is 2.35. The van der Waals surface area contributed by atoms with Gasteiger partial charge in [0.2, 0.25) is 0 Å². The molecule has 9 nitrogen and oxygen atoms in total. The van der Waals surface area contributed by atoms with E-state index in [1.807, 2.05) is 11.9 Å². The van der Waals surface area contributed by atoms with Gasteiger partial charge in [-0.15, -0.1) is 0 Å². The van der Waals surface area contributed by atoms with Crippen LogP contribution in [0.3, 0.4) is 0 Å². The van der Waals surface area contributed by atoms with Crippen molar-refractivity contribution in [1.29, 1.82) is 0 Å². The number of hydrogen-bond donors (Lipinski definition) is 1. The Morgan fingerprint density at radius 3 is 2.43 bits per heavy atom. The van der Waals surface area contributed by atoms with Crippen LogP contribution in [0.2, 0.25) is 5.02 Å². The molecule has 0 radical (unpaired) electrons. The second-order valence-electron chi connectivity index (χ2n) is 11.4. The fraction of sp³-hybridized carbons (Fsp3) is 0.273. The molecule has 0 bridgehead atoms. The third-order valence-electron chi connectivity index (χ3n) is 7.96. The number of halogens is 4. The van der Waals surface area contributed by atoms with Crippen LogP contribution in [0.25, 0.3) is 22.6 Å². The maximum atomic E-state index is 14.1. The van der Waals surface area contributed by atoms with Crippen LogP contribution in [-0.2, 0) is 19.8 Å². The summed E-state index contributed by atoms with van der Waals surface area (Å²) in [7, 11) is 3.79. The first-order chi connectivity index (χ1) is 21.9. The molecular formula is C33H31ClF3N7O2. The van der Waals surface area contributed by atoms with Gasteiger partial charge in [0.05, 0.1) is 11.9 Å². The van der Waals surface area contributed by atoms with E-state index in [1.54, 1.807) is 61.3 Å². The third kappa shape index (κ3) is 6.84. The lowest BCUT2D eigenvalue weighted by Crippen LogP contribution is -2.44. The second kappa shape index (κ2) is 12.7. The number of piperazine rings is 1. The van der Waals surface area contributed by atoms with Gasteiger partial charge in [0.15, 0.2) is 17.0 Å². The fourth-order valence-corrected chi connectivity index (χ4v) is 5.43. The molecule has 0 spiro atoms. The molecule has 6 rings (SSSR count). The van der Waals surface area contributed by atoms with Crippen LogP contribution in [0.4, 0.5) is 18.9 Å². The van der Waals surface area contributed by atoms with Crippen molar-refractivity contribution < 1.29 is 22.7 Å². The van der Waals surface area contributed by atoms with Crippen LogP contribution >= 0.6 is 11.6 Å². The van der Waals surface area contributed by atoms with Crippen LogP contribution in [0.15, 0.2) is 67.0 Å². The minimum atomic E-state index is -4.58. The minimum absolute atomic E-state index is 0.0452. The van der Waals surface area contributed by atoms with Gasteiger partial charge in [-0.2, -0.15) is 18.2 Å². The van der Waals surface area contributed by atoms with Gasteiger partial charge in [0.1, 0.15) is 5.75 Å². The van der Waals surface area contributed by atoms with Crippen molar-refractivity contribution in [2.45, 2.75) is 19.6 Å². The van der Waals surface area contributed by atoms with Crippen molar-refractivity contribution in [2.75, 3.05) is 38.5 Å². The number of carbonyl (C=O) groups is 1. The predicted octanol–water partition coefficient (Wildman–Crippen LogP) is 6.80. The standard InChI is InChI=1S/C33H31ClF3N7O2/c1-20-4-11-25(46-32-28-30(43(3)19-38-28)40-29(41-32)21-5-8-23(34)9-6-21)17-26(20)31(45)39-24-10-7-22(27(16-24)33(35,36)37)18-44-14-12-42(2)13-15-44/h4-11,16-17,19H,12-15,18H2,1-3H3,(H,39,45). The SMILES string of the molecule is Cc1ccc(Oc2nc(-c3ccc(Cl)cc3)nc3c2ncn3C)cc1C(=O)Nc1ccc(CN2CCN(C)CC2)c(C(F)(F)F)c1. The molecule has 13 heteroatoms. The molecular weight excluding hydrogens is 619 g/mol. The van der Waals surface area contributed by atoms with Crippen molar-refractivity contribution in [3.63, 3.8) is 0 Å². The number of rotatable bonds is 7. The average molecular weight is 650 g/mol. The first-order valence-electron chi connectivity index (χ1n) is 14.6. The largest absolute Gasteiger partial charge is 0.437 e. The highest BCUT2D eigenvalue weighted by atomic mass is 35.5. The number of carbonyl (C=O) groups excluding carboxylic acids is 1. The summed E-state index contributed by atoms with van der Waals surface area (Å²) in [5.41, 5.74) is 1.97. The first-order valence-corrected chi connectivity index (χ1v) is 15.0. The number of hydrogen-bond acceptors (Lipinski definition) is 7. The van der Waals surface area contributed by atoms with Crippen LogP contribution in [0.5, 0.6) is 11.6 Å². The van der Waals surface area contributed by atoms with Gasteiger partial charge < -0.3 is 19.5 Å². The van der Waals surface area contributed by atoms with Crippen molar-refractivity contribution in [2.24, 2.45) is 7.05 Å². The van der Waals surface area contributed by atoms with Gasteiger partial charge in [-0.05, 0) is 73.6 Å². The molecule has 1 aliphatic rings. The molecule has 3 aromatic carbocycles. The maximum Gasteiger partial charge on any atom is 0.416 e. The Morgan fingerprint density at radius 1 is 0.978 bits per heavy atom. The van der Waals surface area contributed by atoms with Gasteiger partial charge >= 0.3 is 6.18 Å². The molecule has 46 heavy (non-hydrogen) atoms. The molecule has 1 fully saturated rings. The van der Waals surface area contributed by atoms with Crippen LogP contribution < -0.4 is 10.1 Å². The molecule has 1 saturated heterocycles. The number of amides is 1. The Bertz CT molecular complexity index is 1900. The monoisotopic (exact) mass is 649 g/mol. The number of likely N-dealkylation sites (N-methyl/N-ethyl adjacent to an activating group) is 1. The zero-order valence-corrected chi connectivity index (χ0v) is 26.2. The molecule has 3 heterocycles. The Kier molecular flexibility index (Phi) is 8.69. The smallest absolute Gasteiger partial charge is 0.416 e. The average Bonchev–Trinajstić information content (AvgIpc) is 3.40. The van der Waals surface area contributed by atoms with Crippen LogP contribution in [0.1, 0.15) is 27.0 Å². The van der Waals surface area contributed by atoms with E-state index in [0.29, 0.717) is 52.0 Å². The van der Waals surface area contributed by atoms with E-state index in [2.05, 4.69) is 25.2 Å². The topological polar surface area (TPSA) is 88.4 Å². The van der Waals surface area contributed by atoms with Crippen LogP contribution in [-0.4, -0.2) is 68.5 Å². The van der Waals surface area contributed by atoms with E-state index in [9.17, 15) is 18.0 Å². The number of imidazole rings is 1. The quantitative estimate of drug-likeness (QED) is 0.207. The van der Waals surface area contributed by atoms with Crippen molar-refractivity contribution in [3.05, 3.63) is 94.3 Å². The maximum absolute atomic E-state index is 14.1. The normalized spacial score (nSPS) is 14.5. The fourth-order valence-electron chi connectivity index (χ4n) is 5.30. The summed E-state index contributed by atoms with van der Waals surface area (Å²) >= 11 is 6.05. The second-order valence-corrected chi connectivity index (χ2v) is 11.8. The zero-order chi connectivity index (χ0) is 32.6. The van der Waals surface area contributed by atoms with Gasteiger partial charge in [-0.3, -0.25) is 9.69 Å². The number of nitrogens with zero attached hydrogens (tertiary/aromatic N) is 6. The summed E-state index contributed by atoms with van der Waals surface area (Å²) in [5, 5.41) is 3.21. The Morgan fingerprint density at radius 2 is 1.72 bits per heavy atom. The first kappa shape index (κ1) is 31.5. The minimum Gasteiger partial charge on any atom is -0.437 e. The Labute approximate surface area is 268 Å². The van der Waals surface area contributed by atoms with E-state index >= 15 is 0 Å². The Hall–Kier alpha value is -4.52. The van der Waals surface area contributed by atoms with E-state index in [-0.39, 0.29) is 29.2 Å². The number of anilines is 1. The summed E-state index contributed by atoms with van der Waals surface area (Å²) in [5.74, 6) is 0.290. The van der Waals surface area contributed by atoms with Gasteiger partial charge in [-0.1, -0.05) is 23.7 Å². The predicted molar refractivity (Wildman–Crippen MR) is 170 cm³/mol.